The largest absolute Gasteiger partial charge is 0.335 e. The highest BCUT2D eigenvalue weighted by molar-refractivity contribution is 7.20. The molecule has 5 nitrogen and oxygen atoms in total. The van der Waals surface area contributed by atoms with E-state index in [0.717, 1.165) is 55.0 Å². The van der Waals surface area contributed by atoms with Crippen LogP contribution in [0.1, 0.15) is 53.7 Å². The first-order valence-corrected chi connectivity index (χ1v) is 9.23. The minimum atomic E-state index is 0.0296. The zero-order valence-electron chi connectivity index (χ0n) is 13.6. The molecule has 1 fully saturated rings. The van der Waals surface area contributed by atoms with Crippen molar-refractivity contribution in [2.75, 3.05) is 6.54 Å². The van der Waals surface area contributed by atoms with Crippen LogP contribution in [0.5, 0.6) is 0 Å². The molecule has 0 aliphatic carbocycles. The van der Waals surface area contributed by atoms with E-state index in [-0.39, 0.29) is 17.5 Å². The number of aryl methyl sites for hydroxylation is 2. The van der Waals surface area contributed by atoms with Crippen molar-refractivity contribution in [3.05, 3.63) is 26.6 Å². The van der Waals surface area contributed by atoms with E-state index in [1.807, 2.05) is 11.8 Å². The van der Waals surface area contributed by atoms with E-state index in [1.54, 1.807) is 4.57 Å². The molecular formula is C17H21N3O2S. The van der Waals surface area contributed by atoms with Gasteiger partial charge in [0.25, 0.3) is 11.5 Å². The fourth-order valence-corrected chi connectivity index (χ4v) is 4.96. The number of hydrogen-bond donors (Lipinski definition) is 0. The third kappa shape index (κ3) is 2.23. The molecule has 23 heavy (non-hydrogen) atoms. The third-order valence-electron chi connectivity index (χ3n) is 5.17. The van der Waals surface area contributed by atoms with Crippen LogP contribution in [0, 0.1) is 6.92 Å². The van der Waals surface area contributed by atoms with Gasteiger partial charge in [0, 0.05) is 25.6 Å². The average Bonchev–Trinajstić information content (AvgIpc) is 3.12. The second kappa shape index (κ2) is 5.44. The summed E-state index contributed by atoms with van der Waals surface area (Å²) in [6.45, 7) is 5.57. The maximum atomic E-state index is 13.0. The van der Waals surface area contributed by atoms with Crippen molar-refractivity contribution in [1.82, 2.24) is 14.5 Å². The summed E-state index contributed by atoms with van der Waals surface area (Å²) in [7, 11) is 0. The second-order valence-electron chi connectivity index (χ2n) is 6.67. The van der Waals surface area contributed by atoms with Crippen molar-refractivity contribution in [2.45, 2.75) is 58.5 Å². The van der Waals surface area contributed by atoms with Crippen LogP contribution in [0.25, 0.3) is 10.2 Å². The lowest BCUT2D eigenvalue weighted by molar-refractivity contribution is 0.0640. The highest BCUT2D eigenvalue weighted by Crippen LogP contribution is 2.31. The van der Waals surface area contributed by atoms with E-state index < -0.39 is 0 Å². The van der Waals surface area contributed by atoms with Crippen LogP contribution in [-0.4, -0.2) is 32.9 Å². The molecule has 1 amide bonds. The number of hydrogen-bond acceptors (Lipinski definition) is 4. The number of thiophene rings is 1. The number of carbonyl (C=O) groups excluding carboxylic acids is 1. The van der Waals surface area contributed by atoms with E-state index in [4.69, 9.17) is 0 Å². The number of rotatable bonds is 1. The Balaban J connectivity index is 1.82. The predicted octanol–water partition coefficient (Wildman–Crippen LogP) is 2.73. The molecule has 2 aliphatic rings. The number of amides is 1. The van der Waals surface area contributed by atoms with E-state index in [2.05, 4.69) is 11.9 Å². The maximum Gasteiger partial charge on any atom is 0.264 e. The molecular weight excluding hydrogens is 310 g/mol. The first kappa shape index (κ1) is 14.9. The van der Waals surface area contributed by atoms with Gasteiger partial charge in [-0.15, -0.1) is 11.3 Å². The Bertz CT molecular complexity index is 852. The summed E-state index contributed by atoms with van der Waals surface area (Å²) >= 11 is 1.39. The zero-order chi connectivity index (χ0) is 16.1. The Labute approximate surface area is 138 Å². The van der Waals surface area contributed by atoms with Gasteiger partial charge in [-0.3, -0.25) is 14.2 Å². The van der Waals surface area contributed by atoms with Crippen LogP contribution in [0.3, 0.4) is 0 Å². The molecule has 0 bridgehead atoms. The first-order chi connectivity index (χ1) is 11.1. The Hall–Kier alpha value is -1.69. The molecule has 0 aromatic carbocycles. The molecule has 2 aromatic heterocycles. The van der Waals surface area contributed by atoms with Crippen LogP contribution < -0.4 is 5.56 Å². The molecule has 4 rings (SSSR count). The fraction of sp³-hybridized carbons (Fsp3) is 0.588. The van der Waals surface area contributed by atoms with Gasteiger partial charge in [-0.2, -0.15) is 0 Å². The Morgan fingerprint density at radius 2 is 2.09 bits per heavy atom. The zero-order valence-corrected chi connectivity index (χ0v) is 14.4. The van der Waals surface area contributed by atoms with Crippen molar-refractivity contribution in [1.29, 1.82) is 0 Å². The predicted molar refractivity (Wildman–Crippen MR) is 91.3 cm³/mol. The quantitative estimate of drug-likeness (QED) is 0.807. The summed E-state index contributed by atoms with van der Waals surface area (Å²) in [6, 6.07) is 0.278. The Morgan fingerprint density at radius 1 is 1.26 bits per heavy atom. The summed E-state index contributed by atoms with van der Waals surface area (Å²) in [5.74, 6) is 0.941. The van der Waals surface area contributed by atoms with Crippen molar-refractivity contribution in [2.24, 2.45) is 0 Å². The van der Waals surface area contributed by atoms with Crippen LogP contribution in [-0.2, 0) is 13.0 Å². The maximum absolute atomic E-state index is 13.0. The van der Waals surface area contributed by atoms with E-state index in [0.29, 0.717) is 10.3 Å². The molecule has 0 spiro atoms. The van der Waals surface area contributed by atoms with E-state index >= 15 is 0 Å². The molecule has 0 saturated carbocycles. The Kier molecular flexibility index (Phi) is 3.52. The minimum Gasteiger partial charge on any atom is -0.335 e. The molecule has 2 aliphatic heterocycles. The number of likely N-dealkylation sites (tertiary alicyclic amines) is 1. The number of piperidine rings is 1. The van der Waals surface area contributed by atoms with Crippen LogP contribution in [0.15, 0.2) is 4.79 Å². The molecule has 0 radical (unpaired) electrons. The van der Waals surface area contributed by atoms with Crippen LogP contribution >= 0.6 is 11.3 Å². The van der Waals surface area contributed by atoms with Gasteiger partial charge in [0.2, 0.25) is 0 Å². The second-order valence-corrected chi connectivity index (χ2v) is 7.67. The number of nitrogens with zero attached hydrogens (tertiary/aromatic N) is 3. The summed E-state index contributed by atoms with van der Waals surface area (Å²) in [4.78, 5) is 33.7. The lowest BCUT2D eigenvalue weighted by Crippen LogP contribution is -2.41. The Morgan fingerprint density at radius 3 is 2.87 bits per heavy atom. The van der Waals surface area contributed by atoms with Gasteiger partial charge in [-0.05, 0) is 45.1 Å². The number of fused-ring (bicyclic) bond motifs is 2. The highest BCUT2D eigenvalue weighted by Gasteiger charge is 2.29. The van der Waals surface area contributed by atoms with E-state index in [9.17, 15) is 9.59 Å². The fourth-order valence-electron chi connectivity index (χ4n) is 3.81. The molecule has 0 N–H and O–H groups in total. The lowest BCUT2D eigenvalue weighted by Gasteiger charge is -2.33. The smallest absolute Gasteiger partial charge is 0.264 e. The van der Waals surface area contributed by atoms with Crippen molar-refractivity contribution < 1.29 is 4.79 Å². The molecule has 122 valence electrons. The van der Waals surface area contributed by atoms with Crippen LogP contribution in [0.4, 0.5) is 0 Å². The van der Waals surface area contributed by atoms with Crippen molar-refractivity contribution >= 4 is 27.5 Å². The number of carbonyl (C=O) groups is 1. The summed E-state index contributed by atoms with van der Waals surface area (Å²) < 4.78 is 1.78. The number of aromatic nitrogens is 2. The van der Waals surface area contributed by atoms with Gasteiger partial charge in [0.05, 0.1) is 10.3 Å². The third-order valence-corrected chi connectivity index (χ3v) is 6.34. The first-order valence-electron chi connectivity index (χ1n) is 8.41. The van der Waals surface area contributed by atoms with Crippen molar-refractivity contribution in [3.8, 4) is 0 Å². The minimum absolute atomic E-state index is 0.0296. The van der Waals surface area contributed by atoms with Gasteiger partial charge >= 0.3 is 0 Å². The molecule has 6 heteroatoms. The molecule has 2 aromatic rings. The van der Waals surface area contributed by atoms with Gasteiger partial charge in [-0.1, -0.05) is 0 Å². The van der Waals surface area contributed by atoms with Gasteiger partial charge in [0.15, 0.2) is 0 Å². The molecule has 1 saturated heterocycles. The van der Waals surface area contributed by atoms with Gasteiger partial charge in [0.1, 0.15) is 10.7 Å². The topological polar surface area (TPSA) is 55.2 Å². The molecule has 1 atom stereocenters. The SMILES string of the molecule is Cc1c(C(=O)N2CCCC[C@H]2C)sc2nc3n(c(=O)c12)CCC3. The van der Waals surface area contributed by atoms with Gasteiger partial charge in [-0.25, -0.2) is 4.98 Å². The normalized spacial score (nSPS) is 21.0. The molecule has 4 heterocycles. The van der Waals surface area contributed by atoms with Crippen molar-refractivity contribution in [3.63, 3.8) is 0 Å². The summed E-state index contributed by atoms with van der Waals surface area (Å²) in [5, 5.41) is 0.647. The van der Waals surface area contributed by atoms with Crippen LogP contribution in [0.2, 0.25) is 0 Å². The standard InChI is InChI=1S/C17H21N3O2S/c1-10-6-3-4-8-19(10)17(22)14-11(2)13-15(23-14)18-12-7-5-9-20(12)16(13)21/h10H,3-9H2,1-2H3/t10-/m1/s1. The lowest BCUT2D eigenvalue weighted by atomic mass is 10.0. The average molecular weight is 331 g/mol. The highest BCUT2D eigenvalue weighted by atomic mass is 32.1. The van der Waals surface area contributed by atoms with E-state index in [1.165, 1.54) is 17.8 Å². The monoisotopic (exact) mass is 331 g/mol. The summed E-state index contributed by atoms with van der Waals surface area (Å²) in [5.41, 5.74) is 0.842. The summed E-state index contributed by atoms with van der Waals surface area (Å²) in [6.07, 6.45) is 5.15. The van der Waals surface area contributed by atoms with Gasteiger partial charge < -0.3 is 4.90 Å². The molecule has 0 unspecified atom stereocenters.